The number of hydrogen-bond donors (Lipinski definition) is 0. The Morgan fingerprint density at radius 1 is 0.259 bits per heavy atom. The SMILES string of the molecule is CC/C=C\C/C=C\C/C=C\C/C=C\C/C=C\C/C=C\C/C=C\C/C=C\CCCCCCCCCCCCC(=O)OCC(COC(=O)CCCCCCC/C=C\CCCC)OC(=O)CCC/C=C\C/C=C\C/C=C\C/C=C\C/C=C\CC. The summed E-state index contributed by atoms with van der Waals surface area (Å²) >= 11 is 0. The standard InChI is InChI=1S/C75H118O6/c1-4-7-10-13-16-19-22-24-26-28-29-30-31-32-33-34-35-36-37-38-39-40-41-42-43-44-45-47-48-50-53-56-59-62-65-68-74(77)80-71-72(70-79-73(76)67-64-61-58-55-52-21-18-15-12-9-6-3)81-75(78)69-66-63-60-57-54-51-49-46-27-25-23-20-17-14-11-8-5-2/h7-8,10-11,15-20,24-27,29-30,32-33,35-36,38-39,41-42,49,51,57,60,72H,4-6,9,12-14,21-23,28,31,34,37,40,43-48,50,52-56,58-59,61-71H2,1-3H3/b10-7-,11-8-,18-15-,19-16-,20-17-,26-24-,27-25-,30-29-,33-32-,36-35-,39-38-,42-41-,51-49-,60-57-. The molecule has 0 aromatic rings. The van der Waals surface area contributed by atoms with Crippen molar-refractivity contribution in [2.45, 2.75) is 271 Å². The Morgan fingerprint density at radius 3 is 0.802 bits per heavy atom. The highest BCUT2D eigenvalue weighted by atomic mass is 16.6. The summed E-state index contributed by atoms with van der Waals surface area (Å²) in [5, 5.41) is 0. The van der Waals surface area contributed by atoms with Crippen molar-refractivity contribution in [3.05, 3.63) is 170 Å². The summed E-state index contributed by atoms with van der Waals surface area (Å²) < 4.78 is 16.8. The molecular formula is C75H118O6. The lowest BCUT2D eigenvalue weighted by Crippen LogP contribution is -2.30. The summed E-state index contributed by atoms with van der Waals surface area (Å²) in [6.45, 7) is 6.30. The lowest BCUT2D eigenvalue weighted by molar-refractivity contribution is -0.167. The largest absolute Gasteiger partial charge is 0.462 e. The van der Waals surface area contributed by atoms with Crippen molar-refractivity contribution in [3.8, 4) is 0 Å². The third-order valence-electron chi connectivity index (χ3n) is 13.2. The van der Waals surface area contributed by atoms with Crippen molar-refractivity contribution in [3.63, 3.8) is 0 Å². The first kappa shape index (κ1) is 75.8. The predicted octanol–water partition coefficient (Wildman–Crippen LogP) is 22.7. The van der Waals surface area contributed by atoms with Gasteiger partial charge in [0.2, 0.25) is 0 Å². The van der Waals surface area contributed by atoms with Crippen LogP contribution in [0.4, 0.5) is 0 Å². The van der Waals surface area contributed by atoms with Gasteiger partial charge in [0, 0.05) is 19.3 Å². The van der Waals surface area contributed by atoms with Crippen LogP contribution in [0.5, 0.6) is 0 Å². The Bertz CT molecular complexity index is 1860. The molecule has 0 spiro atoms. The Kier molecular flexibility index (Phi) is 62.9. The molecule has 0 fully saturated rings. The van der Waals surface area contributed by atoms with Crippen LogP contribution >= 0.6 is 0 Å². The van der Waals surface area contributed by atoms with E-state index < -0.39 is 6.10 Å². The second kappa shape index (κ2) is 67.3. The minimum Gasteiger partial charge on any atom is -0.462 e. The maximum absolute atomic E-state index is 12.9. The number of allylic oxidation sites excluding steroid dienone is 28. The van der Waals surface area contributed by atoms with E-state index in [4.69, 9.17) is 14.2 Å². The van der Waals surface area contributed by atoms with Crippen molar-refractivity contribution >= 4 is 17.9 Å². The predicted molar refractivity (Wildman–Crippen MR) is 352 cm³/mol. The van der Waals surface area contributed by atoms with Crippen molar-refractivity contribution in [1.82, 2.24) is 0 Å². The van der Waals surface area contributed by atoms with Gasteiger partial charge in [0.15, 0.2) is 6.10 Å². The topological polar surface area (TPSA) is 78.9 Å². The van der Waals surface area contributed by atoms with Crippen LogP contribution in [0, 0.1) is 0 Å². The second-order valence-corrected chi connectivity index (χ2v) is 20.9. The summed E-state index contributed by atoms with van der Waals surface area (Å²) in [6, 6.07) is 0. The molecule has 6 heteroatoms. The van der Waals surface area contributed by atoms with Crippen molar-refractivity contribution in [2.24, 2.45) is 0 Å². The van der Waals surface area contributed by atoms with Gasteiger partial charge >= 0.3 is 17.9 Å². The molecule has 0 N–H and O–H groups in total. The van der Waals surface area contributed by atoms with Crippen LogP contribution in [-0.2, 0) is 28.6 Å². The molecule has 6 nitrogen and oxygen atoms in total. The Balaban J connectivity index is 4.28. The molecule has 0 radical (unpaired) electrons. The number of hydrogen-bond acceptors (Lipinski definition) is 6. The van der Waals surface area contributed by atoms with E-state index in [1.165, 1.54) is 70.6 Å². The zero-order valence-electron chi connectivity index (χ0n) is 52.0. The molecule has 0 heterocycles. The maximum Gasteiger partial charge on any atom is 0.306 e. The highest BCUT2D eigenvalue weighted by molar-refractivity contribution is 5.71. The minimum atomic E-state index is -0.820. The summed E-state index contributed by atoms with van der Waals surface area (Å²) in [6.07, 6.45) is 99.5. The molecule has 0 amide bonds. The lowest BCUT2D eigenvalue weighted by Gasteiger charge is -2.18. The minimum absolute atomic E-state index is 0.112. The van der Waals surface area contributed by atoms with Crippen LogP contribution in [0.25, 0.3) is 0 Å². The summed E-state index contributed by atoms with van der Waals surface area (Å²) in [5.41, 5.74) is 0. The molecule has 1 atom stereocenters. The highest BCUT2D eigenvalue weighted by Gasteiger charge is 2.19. The fraction of sp³-hybridized carbons (Fsp3) is 0.587. The zero-order chi connectivity index (χ0) is 58.5. The van der Waals surface area contributed by atoms with E-state index in [1.54, 1.807) is 0 Å². The van der Waals surface area contributed by atoms with E-state index in [0.29, 0.717) is 19.3 Å². The van der Waals surface area contributed by atoms with Gasteiger partial charge in [-0.25, -0.2) is 0 Å². The van der Waals surface area contributed by atoms with Gasteiger partial charge in [-0.1, -0.05) is 274 Å². The molecule has 0 aliphatic rings. The summed E-state index contributed by atoms with van der Waals surface area (Å²) in [7, 11) is 0. The van der Waals surface area contributed by atoms with Crippen LogP contribution in [0.15, 0.2) is 170 Å². The first-order chi connectivity index (χ1) is 40.0. The first-order valence-corrected chi connectivity index (χ1v) is 32.6. The number of unbranched alkanes of at least 4 members (excludes halogenated alkanes) is 18. The van der Waals surface area contributed by atoms with Crippen LogP contribution in [-0.4, -0.2) is 37.2 Å². The first-order valence-electron chi connectivity index (χ1n) is 32.6. The Labute approximate surface area is 498 Å². The van der Waals surface area contributed by atoms with Crippen LogP contribution < -0.4 is 0 Å². The van der Waals surface area contributed by atoms with Gasteiger partial charge in [-0.2, -0.15) is 0 Å². The number of carbonyl (C=O) groups is 3. The maximum atomic E-state index is 12.9. The molecule has 454 valence electrons. The van der Waals surface area contributed by atoms with Gasteiger partial charge in [-0.05, 0) is 141 Å². The van der Waals surface area contributed by atoms with Crippen molar-refractivity contribution < 1.29 is 28.6 Å². The molecule has 0 aromatic heterocycles. The molecule has 1 unspecified atom stereocenters. The number of rotatable bonds is 57. The number of ether oxygens (including phenoxy) is 3. The van der Waals surface area contributed by atoms with E-state index >= 15 is 0 Å². The molecule has 81 heavy (non-hydrogen) atoms. The third-order valence-corrected chi connectivity index (χ3v) is 13.2. The highest BCUT2D eigenvalue weighted by Crippen LogP contribution is 2.14. The van der Waals surface area contributed by atoms with Crippen LogP contribution in [0.3, 0.4) is 0 Å². The number of carbonyl (C=O) groups excluding carboxylic acids is 3. The number of esters is 3. The molecule has 0 aliphatic carbocycles. The van der Waals surface area contributed by atoms with Gasteiger partial charge in [-0.3, -0.25) is 14.4 Å². The monoisotopic (exact) mass is 1110 g/mol. The molecule has 0 aliphatic heterocycles. The van der Waals surface area contributed by atoms with Crippen LogP contribution in [0.2, 0.25) is 0 Å². The van der Waals surface area contributed by atoms with Gasteiger partial charge in [0.25, 0.3) is 0 Å². The quantitative estimate of drug-likeness (QED) is 0.0261. The third kappa shape index (κ3) is 65.5. The molecule has 0 rings (SSSR count). The second-order valence-electron chi connectivity index (χ2n) is 20.9. The van der Waals surface area contributed by atoms with Crippen LogP contribution in [0.1, 0.15) is 265 Å². The summed E-state index contributed by atoms with van der Waals surface area (Å²) in [5.74, 6) is -0.990. The van der Waals surface area contributed by atoms with E-state index in [-0.39, 0.29) is 37.5 Å². The Hall–Kier alpha value is -5.23. The Morgan fingerprint density at radius 2 is 0.494 bits per heavy atom. The molecule has 0 bridgehead atoms. The average molecular weight is 1120 g/mol. The fourth-order valence-corrected chi connectivity index (χ4v) is 8.36. The van der Waals surface area contributed by atoms with E-state index in [2.05, 4.69) is 191 Å². The smallest absolute Gasteiger partial charge is 0.306 e. The average Bonchev–Trinajstić information content (AvgIpc) is 3.47. The van der Waals surface area contributed by atoms with Gasteiger partial charge in [0.1, 0.15) is 13.2 Å². The van der Waals surface area contributed by atoms with E-state index in [1.807, 2.05) is 0 Å². The van der Waals surface area contributed by atoms with Crippen molar-refractivity contribution in [2.75, 3.05) is 13.2 Å². The fourth-order valence-electron chi connectivity index (χ4n) is 8.36. The van der Waals surface area contributed by atoms with E-state index in [9.17, 15) is 14.4 Å². The lowest BCUT2D eigenvalue weighted by atomic mass is 10.1. The molecular weight excluding hydrogens is 997 g/mol. The molecule has 0 aromatic carbocycles. The van der Waals surface area contributed by atoms with Gasteiger partial charge in [0.05, 0.1) is 0 Å². The molecule has 0 saturated heterocycles. The van der Waals surface area contributed by atoms with Crippen molar-refractivity contribution in [1.29, 1.82) is 0 Å². The summed E-state index contributed by atoms with van der Waals surface area (Å²) in [4.78, 5) is 38.2. The van der Waals surface area contributed by atoms with E-state index in [0.717, 1.165) is 148 Å². The van der Waals surface area contributed by atoms with Gasteiger partial charge < -0.3 is 14.2 Å². The zero-order valence-corrected chi connectivity index (χ0v) is 52.0. The normalized spacial score (nSPS) is 13.3. The molecule has 0 saturated carbocycles. The van der Waals surface area contributed by atoms with Gasteiger partial charge in [-0.15, -0.1) is 0 Å².